The second-order valence-corrected chi connectivity index (χ2v) is 1.47. The molecule has 0 saturated heterocycles. The molecule has 0 unspecified atom stereocenters. The van der Waals surface area contributed by atoms with E-state index in [2.05, 4.69) is 6.58 Å². The lowest BCUT2D eigenvalue weighted by Gasteiger charge is -1.91. The van der Waals surface area contributed by atoms with E-state index >= 15 is 0 Å². The molecule has 0 aromatic rings. The standard InChI is InChI=1S/C6H9FO/c1-3-6(8)4-5(2)7/h3,8H,2,4H2,1H3. The lowest BCUT2D eigenvalue weighted by atomic mass is 10.3. The average molecular weight is 116 g/mol. The quantitative estimate of drug-likeness (QED) is 0.549. The van der Waals surface area contributed by atoms with Crippen LogP contribution in [-0.2, 0) is 0 Å². The number of halogens is 1. The van der Waals surface area contributed by atoms with Crippen LogP contribution in [-0.4, -0.2) is 5.11 Å². The third kappa shape index (κ3) is 3.40. The van der Waals surface area contributed by atoms with E-state index in [1.165, 1.54) is 6.08 Å². The van der Waals surface area contributed by atoms with Crippen molar-refractivity contribution >= 4 is 0 Å². The van der Waals surface area contributed by atoms with Gasteiger partial charge in [-0.15, -0.1) is 0 Å². The fraction of sp³-hybridized carbons (Fsp3) is 0.333. The van der Waals surface area contributed by atoms with Gasteiger partial charge < -0.3 is 5.11 Å². The van der Waals surface area contributed by atoms with Gasteiger partial charge in [-0.2, -0.15) is 0 Å². The molecule has 46 valence electrons. The summed E-state index contributed by atoms with van der Waals surface area (Å²) in [5.41, 5.74) is 0. The average Bonchev–Trinajstić information content (AvgIpc) is 1.65. The Morgan fingerprint density at radius 3 is 2.50 bits per heavy atom. The molecule has 0 aliphatic rings. The molecule has 0 amide bonds. The molecule has 0 atom stereocenters. The van der Waals surface area contributed by atoms with Gasteiger partial charge in [0.15, 0.2) is 0 Å². The summed E-state index contributed by atoms with van der Waals surface area (Å²) in [6.07, 6.45) is 1.38. The van der Waals surface area contributed by atoms with Gasteiger partial charge >= 0.3 is 0 Å². The molecule has 0 heterocycles. The first-order valence-electron chi connectivity index (χ1n) is 2.34. The predicted molar refractivity (Wildman–Crippen MR) is 31.3 cm³/mol. The molecule has 0 saturated carbocycles. The Labute approximate surface area is 48.1 Å². The summed E-state index contributed by atoms with van der Waals surface area (Å²) in [7, 11) is 0. The van der Waals surface area contributed by atoms with Crippen LogP contribution in [0.1, 0.15) is 13.3 Å². The van der Waals surface area contributed by atoms with Crippen LogP contribution in [0, 0.1) is 0 Å². The van der Waals surface area contributed by atoms with Gasteiger partial charge in [0.05, 0.1) is 12.2 Å². The van der Waals surface area contributed by atoms with Crippen LogP contribution in [0.15, 0.2) is 24.2 Å². The zero-order valence-corrected chi connectivity index (χ0v) is 4.82. The smallest absolute Gasteiger partial charge is 0.100 e. The van der Waals surface area contributed by atoms with E-state index < -0.39 is 5.83 Å². The normalized spacial score (nSPS) is 11.5. The number of aliphatic hydroxyl groups is 1. The van der Waals surface area contributed by atoms with E-state index in [0.717, 1.165) is 0 Å². The molecule has 0 aliphatic heterocycles. The monoisotopic (exact) mass is 116 g/mol. The van der Waals surface area contributed by atoms with Crippen LogP contribution < -0.4 is 0 Å². The van der Waals surface area contributed by atoms with Crippen LogP contribution in [0.5, 0.6) is 0 Å². The topological polar surface area (TPSA) is 20.2 Å². The molecule has 0 bridgehead atoms. The SMILES string of the molecule is C=C(F)CC(O)=CC. The maximum Gasteiger partial charge on any atom is 0.100 e. The van der Waals surface area contributed by atoms with E-state index in [1.54, 1.807) is 6.92 Å². The van der Waals surface area contributed by atoms with Crippen molar-refractivity contribution < 1.29 is 9.50 Å². The lowest BCUT2D eigenvalue weighted by Crippen LogP contribution is -1.78. The molecule has 1 N–H and O–H groups in total. The molecule has 2 heteroatoms. The predicted octanol–water partition coefficient (Wildman–Crippen LogP) is 2.32. The third-order valence-electron chi connectivity index (χ3n) is 0.706. The van der Waals surface area contributed by atoms with Gasteiger partial charge in [0.2, 0.25) is 0 Å². The van der Waals surface area contributed by atoms with Gasteiger partial charge in [0.1, 0.15) is 5.83 Å². The Balaban J connectivity index is 3.56. The molecule has 0 fully saturated rings. The minimum atomic E-state index is -0.513. The minimum absolute atomic E-state index is 0.0255. The van der Waals surface area contributed by atoms with Crippen molar-refractivity contribution in [3.63, 3.8) is 0 Å². The van der Waals surface area contributed by atoms with Crippen LogP contribution >= 0.6 is 0 Å². The van der Waals surface area contributed by atoms with Crippen molar-refractivity contribution in [3.8, 4) is 0 Å². The summed E-state index contributed by atoms with van der Waals surface area (Å²) in [6.45, 7) is 4.61. The van der Waals surface area contributed by atoms with Gasteiger partial charge in [-0.05, 0) is 13.0 Å². The summed E-state index contributed by atoms with van der Waals surface area (Å²) >= 11 is 0. The molecule has 1 nitrogen and oxygen atoms in total. The number of allylic oxidation sites excluding steroid dienone is 2. The molecule has 0 spiro atoms. The maximum atomic E-state index is 11.7. The molecule has 0 aromatic carbocycles. The van der Waals surface area contributed by atoms with E-state index in [-0.39, 0.29) is 12.2 Å². The molecular weight excluding hydrogens is 107 g/mol. The van der Waals surface area contributed by atoms with Crippen LogP contribution in [0.25, 0.3) is 0 Å². The largest absolute Gasteiger partial charge is 0.512 e. The highest BCUT2D eigenvalue weighted by Crippen LogP contribution is 2.05. The third-order valence-corrected chi connectivity index (χ3v) is 0.706. The van der Waals surface area contributed by atoms with Gasteiger partial charge in [-0.25, -0.2) is 4.39 Å². The van der Waals surface area contributed by atoms with Crippen molar-refractivity contribution in [2.24, 2.45) is 0 Å². The van der Waals surface area contributed by atoms with E-state index in [0.29, 0.717) is 0 Å². The van der Waals surface area contributed by atoms with Crippen molar-refractivity contribution in [1.82, 2.24) is 0 Å². The van der Waals surface area contributed by atoms with Gasteiger partial charge in [0.25, 0.3) is 0 Å². The van der Waals surface area contributed by atoms with Crippen LogP contribution in [0.3, 0.4) is 0 Å². The molecule has 0 aliphatic carbocycles. The van der Waals surface area contributed by atoms with E-state index in [1.807, 2.05) is 0 Å². The number of hydrogen-bond acceptors (Lipinski definition) is 1. The Hall–Kier alpha value is -0.790. The van der Waals surface area contributed by atoms with Gasteiger partial charge in [-0.1, -0.05) is 6.58 Å². The van der Waals surface area contributed by atoms with Gasteiger partial charge in [0, 0.05) is 0 Å². The number of hydrogen-bond donors (Lipinski definition) is 1. The first-order valence-corrected chi connectivity index (χ1v) is 2.34. The Kier molecular flexibility index (Phi) is 2.92. The van der Waals surface area contributed by atoms with E-state index in [9.17, 15) is 4.39 Å². The summed E-state index contributed by atoms with van der Waals surface area (Å²) in [5, 5.41) is 8.59. The molecule has 0 rings (SSSR count). The fourth-order valence-corrected chi connectivity index (χ4v) is 0.299. The Morgan fingerprint density at radius 2 is 2.38 bits per heavy atom. The summed E-state index contributed by atoms with van der Waals surface area (Å²) < 4.78 is 11.7. The van der Waals surface area contributed by atoms with Crippen LogP contribution in [0.2, 0.25) is 0 Å². The highest BCUT2D eigenvalue weighted by molar-refractivity contribution is 4.98. The maximum absolute atomic E-state index is 11.7. The second-order valence-electron chi connectivity index (χ2n) is 1.47. The van der Waals surface area contributed by atoms with Crippen LogP contribution in [0.4, 0.5) is 4.39 Å². The lowest BCUT2D eigenvalue weighted by molar-refractivity contribution is 0.384. The summed E-state index contributed by atoms with van der Waals surface area (Å²) in [5.74, 6) is -0.488. The highest BCUT2D eigenvalue weighted by Gasteiger charge is 1.92. The van der Waals surface area contributed by atoms with Crippen molar-refractivity contribution in [1.29, 1.82) is 0 Å². The zero-order chi connectivity index (χ0) is 6.57. The molecule has 0 radical (unpaired) electrons. The summed E-state index contributed by atoms with van der Waals surface area (Å²) in [4.78, 5) is 0. The molecule has 0 aromatic heterocycles. The molecular formula is C6H9FO. The Bertz CT molecular complexity index is 116. The number of rotatable bonds is 2. The van der Waals surface area contributed by atoms with Crippen molar-refractivity contribution in [2.75, 3.05) is 0 Å². The molecule has 8 heavy (non-hydrogen) atoms. The number of aliphatic hydroxyl groups excluding tert-OH is 1. The Morgan fingerprint density at radius 1 is 1.88 bits per heavy atom. The van der Waals surface area contributed by atoms with E-state index in [4.69, 9.17) is 5.11 Å². The minimum Gasteiger partial charge on any atom is -0.512 e. The first-order chi connectivity index (χ1) is 3.66. The first kappa shape index (κ1) is 7.21. The van der Waals surface area contributed by atoms with Crippen molar-refractivity contribution in [2.45, 2.75) is 13.3 Å². The zero-order valence-electron chi connectivity index (χ0n) is 4.82. The van der Waals surface area contributed by atoms with Crippen molar-refractivity contribution in [3.05, 3.63) is 24.2 Å². The highest BCUT2D eigenvalue weighted by atomic mass is 19.1. The van der Waals surface area contributed by atoms with Gasteiger partial charge in [-0.3, -0.25) is 0 Å². The summed E-state index contributed by atoms with van der Waals surface area (Å²) in [6, 6.07) is 0. The second kappa shape index (κ2) is 3.24. The fourth-order valence-electron chi connectivity index (χ4n) is 0.299.